The Hall–Kier alpha value is -1.61. The summed E-state index contributed by atoms with van der Waals surface area (Å²) in [4.78, 5) is 11.9. The number of Topliss-reactive ketones (excluding diaryl/α,β-unsaturated/α-hetero) is 1. The zero-order valence-electron chi connectivity index (χ0n) is 9.66. The van der Waals surface area contributed by atoms with E-state index in [0.29, 0.717) is 23.5 Å². The molecule has 0 amide bonds. The van der Waals surface area contributed by atoms with Gasteiger partial charge in [0.1, 0.15) is 5.75 Å². The molecule has 0 aliphatic heterocycles. The van der Waals surface area contributed by atoms with Crippen molar-refractivity contribution in [2.24, 2.45) is 0 Å². The SMILES string of the molecule is C=C(COCC)C(=O)c1cccc(OC)c1. The highest BCUT2D eigenvalue weighted by Gasteiger charge is 2.10. The van der Waals surface area contributed by atoms with Gasteiger partial charge in [-0.1, -0.05) is 18.7 Å². The standard InChI is InChI=1S/C13H16O3/c1-4-16-9-10(2)13(14)11-6-5-7-12(8-11)15-3/h5-8H,2,4,9H2,1,3H3. The molecule has 0 heterocycles. The van der Waals surface area contributed by atoms with Gasteiger partial charge in [-0.05, 0) is 19.1 Å². The molecule has 0 unspecified atom stereocenters. The predicted octanol–water partition coefficient (Wildman–Crippen LogP) is 2.47. The Morgan fingerprint density at radius 2 is 2.19 bits per heavy atom. The molecule has 0 saturated carbocycles. The van der Waals surface area contributed by atoms with Crippen LogP contribution in [0, 0.1) is 0 Å². The summed E-state index contributed by atoms with van der Waals surface area (Å²) in [5.74, 6) is 0.558. The van der Waals surface area contributed by atoms with E-state index in [0.717, 1.165) is 0 Å². The lowest BCUT2D eigenvalue weighted by Crippen LogP contribution is -2.08. The summed E-state index contributed by atoms with van der Waals surface area (Å²) >= 11 is 0. The van der Waals surface area contributed by atoms with Crippen LogP contribution >= 0.6 is 0 Å². The van der Waals surface area contributed by atoms with Crippen LogP contribution in [0.15, 0.2) is 36.4 Å². The minimum atomic E-state index is -0.104. The van der Waals surface area contributed by atoms with Gasteiger partial charge in [0, 0.05) is 17.7 Å². The molecule has 16 heavy (non-hydrogen) atoms. The molecule has 0 atom stereocenters. The summed E-state index contributed by atoms with van der Waals surface area (Å²) in [5, 5.41) is 0. The molecular formula is C13H16O3. The minimum absolute atomic E-state index is 0.104. The van der Waals surface area contributed by atoms with Crippen LogP contribution < -0.4 is 4.74 Å². The number of ether oxygens (including phenoxy) is 2. The third kappa shape index (κ3) is 3.21. The van der Waals surface area contributed by atoms with E-state index in [2.05, 4.69) is 6.58 Å². The van der Waals surface area contributed by atoms with E-state index >= 15 is 0 Å². The van der Waals surface area contributed by atoms with Gasteiger partial charge in [0.2, 0.25) is 0 Å². The first kappa shape index (κ1) is 12.5. The number of methoxy groups -OCH3 is 1. The molecule has 0 bridgehead atoms. The molecule has 1 aromatic carbocycles. The molecule has 86 valence electrons. The van der Waals surface area contributed by atoms with Crippen molar-refractivity contribution in [2.45, 2.75) is 6.92 Å². The van der Waals surface area contributed by atoms with Crippen LogP contribution in [0.2, 0.25) is 0 Å². The molecule has 3 heteroatoms. The number of carbonyl (C=O) groups excluding carboxylic acids is 1. The van der Waals surface area contributed by atoms with Gasteiger partial charge in [0.25, 0.3) is 0 Å². The van der Waals surface area contributed by atoms with Crippen molar-refractivity contribution in [2.75, 3.05) is 20.3 Å². The molecule has 0 radical (unpaired) electrons. The van der Waals surface area contributed by atoms with Gasteiger partial charge in [-0.2, -0.15) is 0 Å². The Labute approximate surface area is 95.7 Å². The molecule has 0 saturated heterocycles. The smallest absolute Gasteiger partial charge is 0.190 e. The Kier molecular flexibility index (Phi) is 4.73. The first-order valence-electron chi connectivity index (χ1n) is 5.13. The molecule has 0 N–H and O–H groups in total. The number of hydrogen-bond acceptors (Lipinski definition) is 3. The number of benzene rings is 1. The summed E-state index contributed by atoms with van der Waals surface area (Å²) in [7, 11) is 1.57. The topological polar surface area (TPSA) is 35.5 Å². The maximum atomic E-state index is 11.9. The first-order valence-corrected chi connectivity index (χ1v) is 5.13. The van der Waals surface area contributed by atoms with Crippen molar-refractivity contribution in [1.29, 1.82) is 0 Å². The molecule has 0 spiro atoms. The molecule has 1 aromatic rings. The van der Waals surface area contributed by atoms with E-state index in [9.17, 15) is 4.79 Å². The Bertz CT molecular complexity index is 383. The summed E-state index contributed by atoms with van der Waals surface area (Å²) in [5.41, 5.74) is 1.03. The fourth-order valence-electron chi connectivity index (χ4n) is 1.26. The van der Waals surface area contributed by atoms with Gasteiger partial charge in [-0.3, -0.25) is 4.79 Å². The van der Waals surface area contributed by atoms with Gasteiger partial charge in [0.05, 0.1) is 13.7 Å². The number of hydrogen-bond donors (Lipinski definition) is 0. The van der Waals surface area contributed by atoms with Crippen LogP contribution in [-0.2, 0) is 4.74 Å². The summed E-state index contributed by atoms with van der Waals surface area (Å²) in [6.07, 6.45) is 0. The Balaban J connectivity index is 2.75. The number of rotatable bonds is 6. The van der Waals surface area contributed by atoms with Crippen molar-refractivity contribution in [1.82, 2.24) is 0 Å². The molecule has 0 aromatic heterocycles. The second-order valence-electron chi connectivity index (χ2n) is 3.30. The lowest BCUT2D eigenvalue weighted by molar-refractivity contribution is 0.0991. The Morgan fingerprint density at radius 3 is 2.81 bits per heavy atom. The van der Waals surface area contributed by atoms with Crippen molar-refractivity contribution in [3.63, 3.8) is 0 Å². The van der Waals surface area contributed by atoms with E-state index in [1.54, 1.807) is 31.4 Å². The van der Waals surface area contributed by atoms with Crippen LogP contribution in [0.3, 0.4) is 0 Å². The van der Waals surface area contributed by atoms with E-state index in [1.165, 1.54) is 0 Å². The highest BCUT2D eigenvalue weighted by molar-refractivity contribution is 6.08. The third-order valence-electron chi connectivity index (χ3n) is 2.13. The molecule has 0 aliphatic rings. The second-order valence-corrected chi connectivity index (χ2v) is 3.30. The van der Waals surface area contributed by atoms with Crippen LogP contribution in [0.25, 0.3) is 0 Å². The van der Waals surface area contributed by atoms with Crippen LogP contribution in [0.4, 0.5) is 0 Å². The van der Waals surface area contributed by atoms with Crippen LogP contribution in [-0.4, -0.2) is 26.1 Å². The fourth-order valence-corrected chi connectivity index (χ4v) is 1.26. The average molecular weight is 220 g/mol. The average Bonchev–Trinajstić information content (AvgIpc) is 2.35. The number of ketones is 1. The summed E-state index contributed by atoms with van der Waals surface area (Å²) in [6, 6.07) is 7.00. The lowest BCUT2D eigenvalue weighted by atomic mass is 10.1. The van der Waals surface area contributed by atoms with Gasteiger partial charge < -0.3 is 9.47 Å². The highest BCUT2D eigenvalue weighted by Crippen LogP contribution is 2.15. The normalized spacial score (nSPS) is 9.88. The number of carbonyl (C=O) groups is 1. The van der Waals surface area contributed by atoms with Crippen LogP contribution in [0.5, 0.6) is 5.75 Å². The fraction of sp³-hybridized carbons (Fsp3) is 0.308. The minimum Gasteiger partial charge on any atom is -0.497 e. The van der Waals surface area contributed by atoms with Gasteiger partial charge in [-0.25, -0.2) is 0 Å². The third-order valence-corrected chi connectivity index (χ3v) is 2.13. The predicted molar refractivity (Wildman–Crippen MR) is 63.0 cm³/mol. The molecule has 0 aliphatic carbocycles. The molecule has 1 rings (SSSR count). The zero-order chi connectivity index (χ0) is 12.0. The monoisotopic (exact) mass is 220 g/mol. The quantitative estimate of drug-likeness (QED) is 0.545. The maximum Gasteiger partial charge on any atom is 0.190 e. The van der Waals surface area contributed by atoms with E-state index < -0.39 is 0 Å². The molecular weight excluding hydrogens is 204 g/mol. The van der Waals surface area contributed by atoms with Gasteiger partial charge in [-0.15, -0.1) is 0 Å². The summed E-state index contributed by atoms with van der Waals surface area (Å²) < 4.78 is 10.2. The largest absolute Gasteiger partial charge is 0.497 e. The lowest BCUT2D eigenvalue weighted by Gasteiger charge is -2.06. The first-order chi connectivity index (χ1) is 7.69. The van der Waals surface area contributed by atoms with Gasteiger partial charge in [0.15, 0.2) is 5.78 Å². The van der Waals surface area contributed by atoms with Crippen molar-refractivity contribution in [3.8, 4) is 5.75 Å². The molecule has 3 nitrogen and oxygen atoms in total. The maximum absolute atomic E-state index is 11.9. The van der Waals surface area contributed by atoms with E-state index in [1.807, 2.05) is 6.92 Å². The van der Waals surface area contributed by atoms with Crippen LogP contribution in [0.1, 0.15) is 17.3 Å². The summed E-state index contributed by atoms with van der Waals surface area (Å²) in [6.45, 7) is 6.43. The highest BCUT2D eigenvalue weighted by atomic mass is 16.5. The van der Waals surface area contributed by atoms with Crippen molar-refractivity contribution >= 4 is 5.78 Å². The van der Waals surface area contributed by atoms with Gasteiger partial charge >= 0.3 is 0 Å². The molecule has 0 fully saturated rings. The van der Waals surface area contributed by atoms with E-state index in [4.69, 9.17) is 9.47 Å². The van der Waals surface area contributed by atoms with E-state index in [-0.39, 0.29) is 12.4 Å². The zero-order valence-corrected chi connectivity index (χ0v) is 9.66. The Morgan fingerprint density at radius 1 is 1.44 bits per heavy atom. The second kappa shape index (κ2) is 6.08. The van der Waals surface area contributed by atoms with Crippen molar-refractivity contribution in [3.05, 3.63) is 42.0 Å². The van der Waals surface area contributed by atoms with Crippen molar-refractivity contribution < 1.29 is 14.3 Å².